The number of aryl methyl sites for hydroxylation is 2. The number of carbonyl (C=O) groups is 1. The Balaban J connectivity index is 1.41. The van der Waals surface area contributed by atoms with Gasteiger partial charge in [-0.05, 0) is 55.4 Å². The standard InChI is InChI=1S/C22H26N4O2S/c1-28-12-4-11-23-21(27)16-9-7-15(8-10-16)13-24-20-19-17-5-2-3-6-18(17)29-22(19)26-14-25-20/h7-10,14H,2-6,11-13H2,1H3,(H,23,27)(H,24,25,26). The molecule has 0 atom stereocenters. The molecule has 2 N–H and O–H groups in total. The highest BCUT2D eigenvalue weighted by atomic mass is 32.1. The summed E-state index contributed by atoms with van der Waals surface area (Å²) in [6, 6.07) is 7.70. The predicted octanol–water partition coefficient (Wildman–Crippen LogP) is 3.95. The van der Waals surface area contributed by atoms with E-state index in [4.69, 9.17) is 4.74 Å². The van der Waals surface area contributed by atoms with Crippen molar-refractivity contribution in [2.24, 2.45) is 0 Å². The monoisotopic (exact) mass is 410 g/mol. The van der Waals surface area contributed by atoms with Crippen molar-refractivity contribution in [3.63, 3.8) is 0 Å². The van der Waals surface area contributed by atoms with Gasteiger partial charge in [-0.1, -0.05) is 12.1 Å². The first kappa shape index (κ1) is 19.8. The van der Waals surface area contributed by atoms with Crippen LogP contribution in [0.1, 0.15) is 45.6 Å². The third-order valence-corrected chi connectivity index (χ3v) is 6.44. The maximum atomic E-state index is 12.2. The van der Waals surface area contributed by atoms with Crippen molar-refractivity contribution in [2.45, 2.75) is 38.6 Å². The van der Waals surface area contributed by atoms with E-state index < -0.39 is 0 Å². The number of ether oxygens (including phenoxy) is 1. The van der Waals surface area contributed by atoms with Gasteiger partial charge >= 0.3 is 0 Å². The SMILES string of the molecule is COCCCNC(=O)c1ccc(CNc2ncnc3sc4c(c23)CCCC4)cc1. The average molecular weight is 411 g/mol. The lowest BCUT2D eigenvalue weighted by atomic mass is 9.97. The van der Waals surface area contributed by atoms with Crippen LogP contribution in [-0.4, -0.2) is 36.1 Å². The number of fused-ring (bicyclic) bond motifs is 3. The Morgan fingerprint density at radius 3 is 2.83 bits per heavy atom. The second kappa shape index (κ2) is 9.33. The molecule has 2 aromatic heterocycles. The zero-order chi connectivity index (χ0) is 20.1. The normalized spacial score (nSPS) is 13.3. The number of benzene rings is 1. The summed E-state index contributed by atoms with van der Waals surface area (Å²) in [6.45, 7) is 1.92. The molecular weight excluding hydrogens is 384 g/mol. The van der Waals surface area contributed by atoms with Crippen LogP contribution in [0.25, 0.3) is 10.2 Å². The predicted molar refractivity (Wildman–Crippen MR) is 117 cm³/mol. The van der Waals surface area contributed by atoms with E-state index in [2.05, 4.69) is 20.6 Å². The van der Waals surface area contributed by atoms with Crippen LogP contribution < -0.4 is 10.6 Å². The van der Waals surface area contributed by atoms with Gasteiger partial charge in [-0.25, -0.2) is 9.97 Å². The second-order valence-corrected chi connectivity index (χ2v) is 8.35. The van der Waals surface area contributed by atoms with E-state index in [0.29, 0.717) is 25.3 Å². The zero-order valence-corrected chi connectivity index (χ0v) is 17.5. The summed E-state index contributed by atoms with van der Waals surface area (Å²) in [5.74, 6) is 0.859. The number of nitrogens with zero attached hydrogens (tertiary/aromatic N) is 2. The van der Waals surface area contributed by atoms with Crippen LogP contribution in [0, 0.1) is 0 Å². The molecule has 0 radical (unpaired) electrons. The van der Waals surface area contributed by atoms with E-state index in [0.717, 1.165) is 35.5 Å². The highest BCUT2D eigenvalue weighted by Gasteiger charge is 2.19. The van der Waals surface area contributed by atoms with Gasteiger partial charge in [0.2, 0.25) is 0 Å². The van der Waals surface area contributed by atoms with E-state index in [1.807, 2.05) is 24.3 Å². The molecule has 2 heterocycles. The smallest absolute Gasteiger partial charge is 0.251 e. The molecule has 1 aliphatic rings. The molecule has 0 saturated heterocycles. The van der Waals surface area contributed by atoms with Crippen molar-refractivity contribution in [3.05, 3.63) is 52.2 Å². The topological polar surface area (TPSA) is 76.1 Å². The Morgan fingerprint density at radius 1 is 1.17 bits per heavy atom. The van der Waals surface area contributed by atoms with E-state index in [1.165, 1.54) is 28.7 Å². The van der Waals surface area contributed by atoms with E-state index in [-0.39, 0.29) is 5.91 Å². The van der Waals surface area contributed by atoms with Gasteiger partial charge in [-0.3, -0.25) is 4.79 Å². The Bertz CT molecular complexity index is 984. The summed E-state index contributed by atoms with van der Waals surface area (Å²) in [6.07, 6.45) is 7.23. The largest absolute Gasteiger partial charge is 0.385 e. The second-order valence-electron chi connectivity index (χ2n) is 7.27. The first-order valence-electron chi connectivity index (χ1n) is 10.1. The maximum Gasteiger partial charge on any atom is 0.251 e. The van der Waals surface area contributed by atoms with Crippen LogP contribution in [0.5, 0.6) is 0 Å². The lowest BCUT2D eigenvalue weighted by molar-refractivity contribution is 0.0948. The van der Waals surface area contributed by atoms with E-state index in [9.17, 15) is 4.79 Å². The molecule has 0 bridgehead atoms. The number of carbonyl (C=O) groups excluding carboxylic acids is 1. The summed E-state index contributed by atoms with van der Waals surface area (Å²) >= 11 is 1.81. The molecule has 0 spiro atoms. The molecule has 0 aliphatic heterocycles. The van der Waals surface area contributed by atoms with Crippen LogP contribution >= 0.6 is 11.3 Å². The number of methoxy groups -OCH3 is 1. The minimum absolute atomic E-state index is 0.0528. The first-order chi connectivity index (χ1) is 14.3. The zero-order valence-electron chi connectivity index (χ0n) is 16.7. The summed E-state index contributed by atoms with van der Waals surface area (Å²) in [5.41, 5.74) is 3.21. The molecule has 1 aliphatic carbocycles. The fraction of sp³-hybridized carbons (Fsp3) is 0.409. The number of rotatable bonds is 8. The van der Waals surface area contributed by atoms with Crippen LogP contribution in [-0.2, 0) is 24.1 Å². The summed E-state index contributed by atoms with van der Waals surface area (Å²) < 4.78 is 4.99. The Hall–Kier alpha value is -2.51. The van der Waals surface area contributed by atoms with Crippen molar-refractivity contribution in [3.8, 4) is 0 Å². The Morgan fingerprint density at radius 2 is 2.00 bits per heavy atom. The highest BCUT2D eigenvalue weighted by Crippen LogP contribution is 2.38. The number of aromatic nitrogens is 2. The van der Waals surface area contributed by atoms with Gasteiger partial charge in [0.05, 0.1) is 5.39 Å². The first-order valence-corrected chi connectivity index (χ1v) is 10.9. The van der Waals surface area contributed by atoms with Crippen LogP contribution in [0.2, 0.25) is 0 Å². The minimum Gasteiger partial charge on any atom is -0.385 e. The molecule has 29 heavy (non-hydrogen) atoms. The number of amides is 1. The fourth-order valence-corrected chi connectivity index (χ4v) is 4.93. The molecule has 152 valence electrons. The average Bonchev–Trinajstić information content (AvgIpc) is 3.15. The van der Waals surface area contributed by atoms with E-state index >= 15 is 0 Å². The molecular formula is C22H26N4O2S. The number of hydrogen-bond donors (Lipinski definition) is 2. The quantitative estimate of drug-likeness (QED) is 0.550. The molecule has 1 aromatic carbocycles. The van der Waals surface area contributed by atoms with Crippen molar-refractivity contribution in [1.29, 1.82) is 0 Å². The van der Waals surface area contributed by atoms with Crippen molar-refractivity contribution >= 4 is 33.3 Å². The third kappa shape index (κ3) is 4.57. The van der Waals surface area contributed by atoms with E-state index in [1.54, 1.807) is 24.8 Å². The Labute approximate surface area is 174 Å². The number of thiophene rings is 1. The molecule has 0 unspecified atom stereocenters. The van der Waals surface area contributed by atoms with Gasteiger partial charge in [0.15, 0.2) is 0 Å². The lowest BCUT2D eigenvalue weighted by Gasteiger charge is -2.12. The molecule has 6 nitrogen and oxygen atoms in total. The van der Waals surface area contributed by atoms with Crippen molar-refractivity contribution in [1.82, 2.24) is 15.3 Å². The van der Waals surface area contributed by atoms with Gasteiger partial charge in [0.1, 0.15) is 17.0 Å². The van der Waals surface area contributed by atoms with Gasteiger partial charge in [0.25, 0.3) is 5.91 Å². The molecule has 1 amide bonds. The van der Waals surface area contributed by atoms with Gasteiger partial charge in [0, 0.05) is 37.2 Å². The molecule has 3 aromatic rings. The van der Waals surface area contributed by atoms with Crippen molar-refractivity contribution < 1.29 is 9.53 Å². The summed E-state index contributed by atoms with van der Waals surface area (Å²) in [7, 11) is 1.66. The minimum atomic E-state index is -0.0528. The molecule has 0 saturated carbocycles. The lowest BCUT2D eigenvalue weighted by Crippen LogP contribution is -2.25. The number of nitrogens with one attached hydrogen (secondary N) is 2. The molecule has 4 rings (SSSR count). The van der Waals surface area contributed by atoms with Crippen molar-refractivity contribution in [2.75, 3.05) is 25.6 Å². The van der Waals surface area contributed by atoms with Crippen LogP contribution in [0.15, 0.2) is 30.6 Å². The van der Waals surface area contributed by atoms with Gasteiger partial charge in [-0.2, -0.15) is 0 Å². The van der Waals surface area contributed by atoms with Crippen LogP contribution in [0.3, 0.4) is 0 Å². The van der Waals surface area contributed by atoms with Gasteiger partial charge in [-0.15, -0.1) is 11.3 Å². The molecule has 0 fully saturated rings. The summed E-state index contributed by atoms with van der Waals surface area (Å²) in [4.78, 5) is 23.7. The maximum absolute atomic E-state index is 12.2. The number of anilines is 1. The van der Waals surface area contributed by atoms with Gasteiger partial charge < -0.3 is 15.4 Å². The third-order valence-electron chi connectivity index (χ3n) is 5.24. The fourth-order valence-electron chi connectivity index (χ4n) is 3.70. The highest BCUT2D eigenvalue weighted by molar-refractivity contribution is 7.19. The molecule has 7 heteroatoms. The van der Waals surface area contributed by atoms with Crippen LogP contribution in [0.4, 0.5) is 5.82 Å². The summed E-state index contributed by atoms with van der Waals surface area (Å²) in [5, 5.41) is 7.58. The number of hydrogen-bond acceptors (Lipinski definition) is 6. The Kier molecular flexibility index (Phi) is 6.36.